The quantitative estimate of drug-likeness (QED) is 0.169. The van der Waals surface area contributed by atoms with E-state index in [0.29, 0.717) is 54.5 Å². The van der Waals surface area contributed by atoms with Gasteiger partial charge in [-0.3, -0.25) is 0 Å². The van der Waals surface area contributed by atoms with Gasteiger partial charge in [0.2, 0.25) is 5.71 Å². The summed E-state index contributed by atoms with van der Waals surface area (Å²) < 4.78 is 35.7. The Bertz CT molecular complexity index is 1770. The summed E-state index contributed by atoms with van der Waals surface area (Å²) in [6, 6.07) is 28.5. The van der Waals surface area contributed by atoms with Crippen molar-refractivity contribution in [1.29, 1.82) is 0 Å². The van der Waals surface area contributed by atoms with E-state index >= 15 is 8.96 Å². The summed E-state index contributed by atoms with van der Waals surface area (Å²) in [6.45, 7) is 0. The fourth-order valence-electron chi connectivity index (χ4n) is 5.08. The molecule has 0 atom stereocenters. The molecule has 3 heterocycles. The number of benzene rings is 4. The zero-order chi connectivity index (χ0) is 24.6. The molecule has 4 nitrogen and oxygen atoms in total. The summed E-state index contributed by atoms with van der Waals surface area (Å²) >= 11 is 12.2. The van der Waals surface area contributed by atoms with Crippen LogP contribution < -0.4 is 5.15 Å². The molecule has 0 saturated heterocycles. The van der Waals surface area contributed by atoms with Crippen molar-refractivity contribution in [3.63, 3.8) is 0 Å². The van der Waals surface area contributed by atoms with E-state index in [1.165, 1.54) is 0 Å². The predicted octanol–water partition coefficient (Wildman–Crippen LogP) is 7.69. The van der Waals surface area contributed by atoms with E-state index in [1.54, 1.807) is 48.5 Å². The summed E-state index contributed by atoms with van der Waals surface area (Å²) in [5.41, 5.74) is 3.27. The number of hydrogen-bond donors (Lipinski definition) is 0. The number of amidine groups is 1. The van der Waals surface area contributed by atoms with Crippen molar-refractivity contribution in [3.05, 3.63) is 124 Å². The fraction of sp³-hybridized carbons (Fsp3) is 0. The fourth-order valence-corrected chi connectivity index (χ4v) is 5.33. The summed E-state index contributed by atoms with van der Waals surface area (Å²) in [6.07, 6.45) is 0. The lowest BCUT2D eigenvalue weighted by atomic mass is 10.00. The van der Waals surface area contributed by atoms with Crippen LogP contribution in [0.2, 0.25) is 10.0 Å². The van der Waals surface area contributed by atoms with Crippen LogP contribution in [0.1, 0.15) is 16.7 Å². The van der Waals surface area contributed by atoms with Gasteiger partial charge in [-0.2, -0.15) is 0 Å². The molecule has 0 spiro atoms. The van der Waals surface area contributed by atoms with E-state index in [-0.39, 0.29) is 11.7 Å². The maximum atomic E-state index is 16.9. The zero-order valence-corrected chi connectivity index (χ0v) is 20.1. The highest BCUT2D eigenvalue weighted by Gasteiger charge is 2.61. The SMILES string of the molecule is F[N+]1(F)n2c(c3ccccc3c2-c2ccc(Cl)cc2)N=C2c3ccccc3C(c3ccc(Cl)cc3)=[N+]21. The van der Waals surface area contributed by atoms with E-state index < -0.39 is 5.15 Å². The molecule has 0 bridgehead atoms. The Morgan fingerprint density at radius 2 is 1.22 bits per heavy atom. The number of aliphatic imine (C=N–C) groups is 1. The maximum Gasteiger partial charge on any atom is 0.394 e. The molecular weight excluding hydrogens is 501 g/mol. The van der Waals surface area contributed by atoms with E-state index in [0.717, 1.165) is 9.36 Å². The van der Waals surface area contributed by atoms with Crippen molar-refractivity contribution < 1.29 is 13.6 Å². The molecule has 174 valence electrons. The van der Waals surface area contributed by atoms with Gasteiger partial charge < -0.3 is 0 Å². The number of fused-ring (bicyclic) bond motifs is 6. The number of hydrogen-bond acceptors (Lipinski definition) is 1. The summed E-state index contributed by atoms with van der Waals surface area (Å²) in [5.74, 6) is 0.387. The van der Waals surface area contributed by atoms with Crippen molar-refractivity contribution >= 4 is 51.3 Å². The molecule has 0 amide bonds. The monoisotopic (exact) mass is 516 g/mol. The van der Waals surface area contributed by atoms with Crippen LogP contribution in [0.25, 0.3) is 22.0 Å². The van der Waals surface area contributed by atoms with E-state index in [4.69, 9.17) is 28.2 Å². The van der Waals surface area contributed by atoms with Crippen LogP contribution >= 0.6 is 23.2 Å². The predicted molar refractivity (Wildman–Crippen MR) is 140 cm³/mol. The van der Waals surface area contributed by atoms with Crippen molar-refractivity contribution in [2.24, 2.45) is 4.99 Å². The van der Waals surface area contributed by atoms with Crippen LogP contribution in [0.4, 0.5) is 14.8 Å². The third kappa shape index (κ3) is 2.89. The van der Waals surface area contributed by atoms with Gasteiger partial charge in [-0.1, -0.05) is 65.7 Å². The third-order valence-corrected chi connectivity index (χ3v) is 7.10. The Hall–Kier alpha value is -3.84. The minimum absolute atomic E-state index is 0.193. The molecule has 2 aliphatic heterocycles. The highest BCUT2D eigenvalue weighted by molar-refractivity contribution is 6.31. The van der Waals surface area contributed by atoms with Crippen molar-refractivity contribution in [3.8, 4) is 11.3 Å². The van der Waals surface area contributed by atoms with Crippen LogP contribution in [0.15, 0.2) is 102 Å². The average Bonchev–Trinajstić information content (AvgIpc) is 3.40. The first-order valence-electron chi connectivity index (χ1n) is 11.3. The topological polar surface area (TPSA) is 20.3 Å². The number of quaternary nitrogens is 1. The summed E-state index contributed by atoms with van der Waals surface area (Å²) in [5, 5.41) is -0.205. The lowest BCUT2D eigenvalue weighted by Crippen LogP contribution is -2.56. The first-order valence-corrected chi connectivity index (χ1v) is 12.0. The smallest absolute Gasteiger partial charge is 0.0843 e. The Morgan fingerprint density at radius 3 is 1.89 bits per heavy atom. The molecular formula is C28H16Cl2F2N4+2. The third-order valence-electron chi connectivity index (χ3n) is 6.60. The second-order valence-corrected chi connectivity index (χ2v) is 9.51. The molecule has 0 N–H and O–H groups in total. The Balaban J connectivity index is 1.62. The molecule has 36 heavy (non-hydrogen) atoms. The molecule has 5 aromatic rings. The normalized spacial score (nSPS) is 15.5. The molecule has 2 aliphatic rings. The van der Waals surface area contributed by atoms with Gasteiger partial charge in [-0.15, -0.1) is 0 Å². The minimum atomic E-state index is -2.59. The van der Waals surface area contributed by atoms with Gasteiger partial charge in [-0.25, -0.2) is 0 Å². The number of aromatic nitrogens is 1. The minimum Gasteiger partial charge on any atom is -0.0843 e. The maximum absolute atomic E-state index is 16.9. The zero-order valence-electron chi connectivity index (χ0n) is 18.5. The average molecular weight is 517 g/mol. The second kappa shape index (κ2) is 7.58. The van der Waals surface area contributed by atoms with Crippen LogP contribution in [0.3, 0.4) is 0 Å². The molecule has 0 unspecified atom stereocenters. The van der Waals surface area contributed by atoms with Gasteiger partial charge in [0.05, 0.1) is 15.6 Å². The summed E-state index contributed by atoms with van der Waals surface area (Å²) in [7, 11) is 0. The molecule has 7 rings (SSSR count). The first-order chi connectivity index (χ1) is 17.4. The standard InChI is InChI=1S/C28H16Cl2F2N4/c29-19-13-9-17(10-14-19)25-21-5-1-3-7-23(21)27-33-28-24-8-4-2-6-22(24)26(18-11-15-20(30)16-12-18)35(28)36(31,32)34(25)27/h1-16H/q+2. The lowest BCUT2D eigenvalue weighted by molar-refractivity contribution is -0.735. The van der Waals surface area contributed by atoms with E-state index in [1.807, 2.05) is 48.5 Å². The van der Waals surface area contributed by atoms with Gasteiger partial charge in [-0.05, 0) is 64.3 Å². The van der Waals surface area contributed by atoms with Crippen molar-refractivity contribution in [1.82, 2.24) is 9.82 Å². The largest absolute Gasteiger partial charge is 0.394 e. The van der Waals surface area contributed by atoms with E-state index in [9.17, 15) is 0 Å². The molecule has 1 aromatic heterocycles. The number of halogens is 4. The molecule has 0 fully saturated rings. The Kier molecular flexibility index (Phi) is 4.51. The molecule has 8 heteroatoms. The van der Waals surface area contributed by atoms with Gasteiger partial charge >= 0.3 is 16.8 Å². The first kappa shape index (κ1) is 21.4. The second-order valence-electron chi connectivity index (χ2n) is 8.64. The lowest BCUT2D eigenvalue weighted by Gasteiger charge is -2.18. The number of nitrogens with zero attached hydrogens (tertiary/aromatic N) is 4. The molecule has 0 radical (unpaired) electrons. The Labute approximate surface area is 214 Å². The Morgan fingerprint density at radius 1 is 0.667 bits per heavy atom. The van der Waals surface area contributed by atoms with Gasteiger partial charge in [0, 0.05) is 32.1 Å². The number of rotatable bonds is 2. The highest BCUT2D eigenvalue weighted by atomic mass is 35.5. The van der Waals surface area contributed by atoms with Crippen molar-refractivity contribution in [2.45, 2.75) is 0 Å². The molecule has 0 aliphatic carbocycles. The van der Waals surface area contributed by atoms with Crippen LogP contribution in [0.5, 0.6) is 0 Å². The highest BCUT2D eigenvalue weighted by Crippen LogP contribution is 2.45. The molecule has 0 saturated carbocycles. The van der Waals surface area contributed by atoms with Gasteiger partial charge in [0.1, 0.15) is 14.7 Å². The summed E-state index contributed by atoms with van der Waals surface area (Å²) in [4.78, 5) is 4.87. The van der Waals surface area contributed by atoms with Crippen molar-refractivity contribution in [2.75, 3.05) is 0 Å². The van der Waals surface area contributed by atoms with Gasteiger partial charge in [0.25, 0.3) is 0 Å². The van der Waals surface area contributed by atoms with Gasteiger partial charge in [0.15, 0.2) is 0 Å². The van der Waals surface area contributed by atoms with Crippen LogP contribution in [0, 0.1) is 0 Å². The molecule has 4 aromatic carbocycles. The van der Waals surface area contributed by atoms with Crippen LogP contribution in [-0.4, -0.2) is 20.9 Å². The van der Waals surface area contributed by atoms with E-state index in [2.05, 4.69) is 0 Å². The van der Waals surface area contributed by atoms with Crippen LogP contribution in [-0.2, 0) is 0 Å².